The molecule has 14 nitrogen and oxygen atoms in total. The van der Waals surface area contributed by atoms with Crippen molar-refractivity contribution in [2.24, 2.45) is 0 Å². The monoisotopic (exact) mass is 901 g/mol. The molecule has 0 aromatic heterocycles. The van der Waals surface area contributed by atoms with Crippen molar-refractivity contribution in [2.75, 3.05) is 235 Å². The number of nitrogens with zero attached hydrogens (tertiary/aromatic N) is 14. The van der Waals surface area contributed by atoms with Crippen molar-refractivity contribution in [2.45, 2.75) is 94.0 Å². The highest BCUT2D eigenvalue weighted by molar-refractivity contribution is 4.72. The van der Waals surface area contributed by atoms with E-state index in [0.29, 0.717) is 12.2 Å². The molecular weight excluding hydrogens is 773 g/mol. The van der Waals surface area contributed by atoms with Gasteiger partial charge in [-0.3, -0.25) is 49.0 Å². The summed E-state index contributed by atoms with van der Waals surface area (Å²) in [6.45, 7) is 33.7. The molecule has 0 spiro atoms. The van der Waals surface area contributed by atoms with E-state index >= 15 is 0 Å². The van der Waals surface area contributed by atoms with E-state index in [1.807, 2.05) is 0 Å². The van der Waals surface area contributed by atoms with E-state index in [0.717, 1.165) is 59.3 Å². The molecule has 62 heavy (non-hydrogen) atoms. The molecule has 0 amide bonds. The van der Waals surface area contributed by atoms with Gasteiger partial charge in [-0.2, -0.15) is 0 Å². The number of hydrogen-bond donors (Lipinski definition) is 0. The van der Waals surface area contributed by atoms with Crippen molar-refractivity contribution in [1.82, 2.24) is 68.6 Å². The fourth-order valence-electron chi connectivity index (χ4n) is 2.61. The normalized spacial score (nSPS) is 11.2. The van der Waals surface area contributed by atoms with E-state index in [4.69, 9.17) is 0 Å². The van der Waals surface area contributed by atoms with Gasteiger partial charge in [-0.05, 0) is 250 Å². The first-order valence-corrected chi connectivity index (χ1v) is 23.2. The Hall–Kier alpha value is -0.560. The molecule has 14 heteroatoms. The quantitative estimate of drug-likeness (QED) is 0.177. The van der Waals surface area contributed by atoms with Crippen LogP contribution in [0.1, 0.15) is 76.2 Å². The Bertz CT molecular complexity index is 692. The van der Waals surface area contributed by atoms with Gasteiger partial charge in [0, 0.05) is 26.0 Å². The molecule has 0 aromatic carbocycles. The SMILES string of the molecule is CC(C)N(C)C.CC(N(C)C)N(C)C.CCN(C)C.CCN(C)C.CCN(C)C.CCN(C)CN(C)C.CCN(C)CN(C)C.CCN(C)CN(C)C.CN(C)C(C)(C)N(C)C. The van der Waals surface area contributed by atoms with Crippen LogP contribution in [-0.2, 0) is 0 Å². The first-order valence-electron chi connectivity index (χ1n) is 23.2. The summed E-state index contributed by atoms with van der Waals surface area (Å²) in [5.41, 5.74) is 0.167. The molecule has 0 N–H and O–H groups in total. The smallest absolute Gasteiger partial charge is 0.0669 e. The molecule has 0 heterocycles. The number of rotatable bonds is 17. The summed E-state index contributed by atoms with van der Waals surface area (Å²) in [7, 11) is 51.9. The fraction of sp³-hybridized carbons (Fsp3) is 1.00. The van der Waals surface area contributed by atoms with Crippen LogP contribution < -0.4 is 0 Å². The summed E-state index contributed by atoms with van der Waals surface area (Å²) in [4.78, 5) is 30.5. The Morgan fingerprint density at radius 2 is 0.452 bits per heavy atom. The van der Waals surface area contributed by atoms with Crippen molar-refractivity contribution in [1.29, 1.82) is 0 Å². The molecule has 0 aromatic rings. The molecule has 0 aliphatic carbocycles. The molecule has 0 unspecified atom stereocenters. The van der Waals surface area contributed by atoms with Crippen LogP contribution in [0.15, 0.2) is 0 Å². The summed E-state index contributed by atoms with van der Waals surface area (Å²) < 4.78 is 0. The summed E-state index contributed by atoms with van der Waals surface area (Å²) in [5.74, 6) is 0. The minimum Gasteiger partial charge on any atom is -0.310 e. The van der Waals surface area contributed by atoms with Gasteiger partial charge in [-0.25, -0.2) is 0 Å². The predicted molar refractivity (Wildman–Crippen MR) is 290 cm³/mol. The Balaban J connectivity index is -0.0000000734. The van der Waals surface area contributed by atoms with Crippen LogP contribution in [0.2, 0.25) is 0 Å². The van der Waals surface area contributed by atoms with Crippen molar-refractivity contribution in [3.05, 3.63) is 0 Å². The van der Waals surface area contributed by atoms with Crippen LogP contribution in [0.25, 0.3) is 0 Å². The van der Waals surface area contributed by atoms with E-state index in [2.05, 4.69) is 321 Å². The zero-order valence-electron chi connectivity index (χ0n) is 50.3. The molecule has 0 radical (unpaired) electrons. The van der Waals surface area contributed by atoms with Gasteiger partial charge in [0.2, 0.25) is 0 Å². The summed E-state index contributed by atoms with van der Waals surface area (Å²) >= 11 is 0. The molecular formula is C48H128N14. The molecule has 0 aliphatic rings. The van der Waals surface area contributed by atoms with Crippen LogP contribution in [0.3, 0.4) is 0 Å². The van der Waals surface area contributed by atoms with E-state index < -0.39 is 0 Å². The second-order valence-electron chi connectivity index (χ2n) is 19.3. The van der Waals surface area contributed by atoms with Crippen molar-refractivity contribution < 1.29 is 0 Å². The third-order valence-corrected chi connectivity index (χ3v) is 9.81. The molecule has 0 atom stereocenters. The zero-order valence-corrected chi connectivity index (χ0v) is 50.3. The van der Waals surface area contributed by atoms with Crippen LogP contribution in [0, 0.1) is 0 Å². The molecule has 0 aliphatic heterocycles. The van der Waals surface area contributed by atoms with Gasteiger partial charge in [-0.15, -0.1) is 0 Å². The van der Waals surface area contributed by atoms with E-state index in [-0.39, 0.29) is 5.66 Å². The lowest BCUT2D eigenvalue weighted by Crippen LogP contribution is -2.49. The molecule has 390 valence electrons. The second-order valence-corrected chi connectivity index (χ2v) is 19.3. The lowest BCUT2D eigenvalue weighted by molar-refractivity contribution is 0.0400. The van der Waals surface area contributed by atoms with Crippen molar-refractivity contribution in [3.8, 4) is 0 Å². The van der Waals surface area contributed by atoms with Gasteiger partial charge in [0.05, 0.1) is 11.8 Å². The van der Waals surface area contributed by atoms with E-state index in [9.17, 15) is 0 Å². The predicted octanol–water partition coefficient (Wildman–Crippen LogP) is 5.33. The summed E-state index contributed by atoms with van der Waals surface area (Å²) in [6, 6.07) is 0.685. The lowest BCUT2D eigenvalue weighted by atomic mass is 10.2. The third kappa shape index (κ3) is 90.2. The van der Waals surface area contributed by atoms with Crippen LogP contribution in [0.5, 0.6) is 0 Å². The van der Waals surface area contributed by atoms with Gasteiger partial charge >= 0.3 is 0 Å². The van der Waals surface area contributed by atoms with Gasteiger partial charge in [0.15, 0.2) is 0 Å². The standard InChI is InChI=1S/C7H18N2.4C6H16N2.C5H13N.3C4H11N/c1-7(2,8(3)4)9(5)6;1-6(7(2)3)8(4)5;3*1-5-8(4)6-7(2)3;1-5(2)6(3)4;3*1-4-5(2)3/h1-6H3;6H,1-5H3;3*5-6H2,1-4H3;5H,1-4H3;3*4H2,1-3H3. The highest BCUT2D eigenvalue weighted by atomic mass is 15.3. The number of hydrogen-bond acceptors (Lipinski definition) is 14. The van der Waals surface area contributed by atoms with Gasteiger partial charge in [0.1, 0.15) is 0 Å². The maximum absolute atomic E-state index is 2.25. The average Bonchev–Trinajstić information content (AvgIpc) is 3.15. The zero-order chi connectivity index (χ0) is 52.1. The Morgan fingerprint density at radius 1 is 0.290 bits per heavy atom. The van der Waals surface area contributed by atoms with Crippen LogP contribution in [0.4, 0.5) is 0 Å². The summed E-state index contributed by atoms with van der Waals surface area (Å²) in [5, 5.41) is 0. The minimum atomic E-state index is 0.167. The third-order valence-electron chi connectivity index (χ3n) is 9.81. The first kappa shape index (κ1) is 81.6. The highest BCUT2D eigenvalue weighted by Crippen LogP contribution is 2.11. The fourth-order valence-corrected chi connectivity index (χ4v) is 2.61. The molecule has 0 rings (SSSR count). The first-order chi connectivity index (χ1) is 27.9. The van der Waals surface area contributed by atoms with Crippen LogP contribution in [-0.4, -0.2) is 322 Å². The Morgan fingerprint density at radius 3 is 0.468 bits per heavy atom. The molecule has 0 bridgehead atoms. The minimum absolute atomic E-state index is 0.167. The maximum Gasteiger partial charge on any atom is 0.0669 e. The van der Waals surface area contributed by atoms with Gasteiger partial charge in [-0.1, -0.05) is 41.5 Å². The van der Waals surface area contributed by atoms with Crippen LogP contribution >= 0.6 is 0 Å². The Labute approximate surface area is 397 Å². The van der Waals surface area contributed by atoms with Crippen molar-refractivity contribution in [3.63, 3.8) is 0 Å². The Kier molecular flexibility index (Phi) is 72.1. The topological polar surface area (TPSA) is 45.4 Å². The summed E-state index contributed by atoms with van der Waals surface area (Å²) in [6.07, 6.45) is 0.537. The van der Waals surface area contributed by atoms with Gasteiger partial charge in [0.25, 0.3) is 0 Å². The molecule has 0 saturated carbocycles. The van der Waals surface area contributed by atoms with Crippen molar-refractivity contribution >= 4 is 0 Å². The van der Waals surface area contributed by atoms with Gasteiger partial charge < -0.3 is 19.6 Å². The van der Waals surface area contributed by atoms with E-state index in [1.165, 1.54) is 0 Å². The molecule has 0 saturated heterocycles. The highest BCUT2D eigenvalue weighted by Gasteiger charge is 2.21. The average molecular weight is 902 g/mol. The second kappa shape index (κ2) is 54.8. The molecule has 0 fully saturated rings. The lowest BCUT2D eigenvalue weighted by Gasteiger charge is -2.38. The van der Waals surface area contributed by atoms with E-state index in [1.54, 1.807) is 0 Å². The largest absolute Gasteiger partial charge is 0.310 e. The maximum atomic E-state index is 2.25.